The molecule has 1 heterocycles. The van der Waals surface area contributed by atoms with Crippen molar-refractivity contribution in [1.82, 2.24) is 4.90 Å². The van der Waals surface area contributed by atoms with Crippen LogP contribution in [0.4, 0.5) is 0 Å². The topological polar surface area (TPSA) is 46.3 Å². The molecule has 0 spiro atoms. The molecule has 1 aromatic heterocycles. The van der Waals surface area contributed by atoms with Crippen LogP contribution in [0.5, 0.6) is 0 Å². The molecule has 0 bridgehead atoms. The minimum absolute atomic E-state index is 0.376. The maximum atomic E-state index is 10.9. The van der Waals surface area contributed by atoms with Crippen molar-refractivity contribution in [2.45, 2.75) is 6.92 Å². The van der Waals surface area contributed by atoms with E-state index in [9.17, 15) is 4.79 Å². The smallest absolute Gasteiger partial charge is 0.258 e. The number of primary amides is 1. The van der Waals surface area contributed by atoms with Crippen LogP contribution in [0.3, 0.4) is 0 Å². The van der Waals surface area contributed by atoms with Crippen LogP contribution in [-0.2, 0) is 0 Å². The number of amides is 1. The van der Waals surface area contributed by atoms with Gasteiger partial charge in [-0.25, -0.2) is 0 Å². The fraction of sp³-hybridized carbons (Fsp3) is 0.273. The number of thiophene rings is 1. The van der Waals surface area contributed by atoms with Crippen LogP contribution in [0.2, 0.25) is 0 Å². The number of hydrogen-bond donors (Lipinski definition) is 1. The van der Waals surface area contributed by atoms with Crippen molar-refractivity contribution in [3.05, 3.63) is 33.3 Å². The van der Waals surface area contributed by atoms with Gasteiger partial charge in [0.2, 0.25) is 0 Å². The highest BCUT2D eigenvalue weighted by Crippen LogP contribution is 2.21. The Hall–Kier alpha value is -1.51. The lowest BCUT2D eigenvalue weighted by atomic mass is 10.2. The Labute approximate surface area is 93.5 Å². The van der Waals surface area contributed by atoms with E-state index in [2.05, 4.69) is 5.73 Å². The minimum Gasteiger partial charge on any atom is -0.377 e. The number of nitrogens with two attached hydrogens (primary N) is 1. The van der Waals surface area contributed by atoms with Crippen LogP contribution >= 0.6 is 11.3 Å². The summed E-state index contributed by atoms with van der Waals surface area (Å²) in [7, 11) is 3.85. The van der Waals surface area contributed by atoms with Crippen LogP contribution in [-0.4, -0.2) is 24.9 Å². The molecule has 0 aliphatic carbocycles. The molecule has 1 rings (SSSR count). The first-order valence-electron chi connectivity index (χ1n) is 4.50. The van der Waals surface area contributed by atoms with E-state index in [-0.39, 0.29) is 5.91 Å². The number of carbonyl (C=O) groups is 1. The average Bonchev–Trinajstić information content (AvgIpc) is 2.47. The van der Waals surface area contributed by atoms with Crippen LogP contribution in [0.25, 0.3) is 6.08 Å². The van der Waals surface area contributed by atoms with Gasteiger partial charge in [0.15, 0.2) is 0 Å². The molecule has 1 aromatic rings. The summed E-state index contributed by atoms with van der Waals surface area (Å²) in [6, 6.07) is 1.79. The largest absolute Gasteiger partial charge is 0.377 e. The summed E-state index contributed by atoms with van der Waals surface area (Å²) in [5.74, 6) is -0.376. The van der Waals surface area contributed by atoms with Gasteiger partial charge in [-0.3, -0.25) is 4.79 Å². The molecule has 0 atom stereocenters. The number of rotatable bonds is 3. The Kier molecular flexibility index (Phi) is 3.72. The summed E-state index contributed by atoms with van der Waals surface area (Å²) in [5, 5.41) is 0. The molecule has 15 heavy (non-hydrogen) atoms. The molecule has 0 unspecified atom stereocenters. The Bertz CT molecular complexity index is 426. The van der Waals surface area contributed by atoms with Gasteiger partial charge in [-0.05, 0) is 24.6 Å². The van der Waals surface area contributed by atoms with Crippen molar-refractivity contribution in [2.75, 3.05) is 14.1 Å². The Morgan fingerprint density at radius 2 is 2.27 bits per heavy atom. The summed E-state index contributed by atoms with van der Waals surface area (Å²) < 4.78 is 0. The summed E-state index contributed by atoms with van der Waals surface area (Å²) in [6.45, 7) is 1.96. The van der Waals surface area contributed by atoms with E-state index in [0.29, 0.717) is 4.88 Å². The highest BCUT2D eigenvalue weighted by Gasteiger charge is 2.06. The Balaban J connectivity index is 2.96. The van der Waals surface area contributed by atoms with E-state index in [0.717, 1.165) is 10.4 Å². The molecule has 0 aliphatic heterocycles. The highest BCUT2D eigenvalue weighted by atomic mass is 32.1. The van der Waals surface area contributed by atoms with E-state index in [1.54, 1.807) is 6.07 Å². The molecule has 0 fully saturated rings. The Morgan fingerprint density at radius 1 is 1.60 bits per heavy atom. The minimum atomic E-state index is -0.376. The standard InChI is InChI=1S/C11H14N2OS/c1-8-9(5-4-6-13(2)3)7-10(15-8)11(12)14/h5-7H,1-3H3,(H2,12,14). The normalized spacial score (nSPS) is 9.27. The lowest BCUT2D eigenvalue weighted by Crippen LogP contribution is -2.08. The van der Waals surface area contributed by atoms with Crippen molar-refractivity contribution in [3.8, 4) is 0 Å². The fourth-order valence-corrected chi connectivity index (χ4v) is 1.89. The first-order valence-corrected chi connectivity index (χ1v) is 5.31. The second-order valence-electron chi connectivity index (χ2n) is 3.39. The third-order valence-electron chi connectivity index (χ3n) is 1.77. The predicted octanol–water partition coefficient (Wildman–Crippen LogP) is 1.84. The Morgan fingerprint density at radius 3 is 2.73 bits per heavy atom. The molecule has 80 valence electrons. The molecule has 1 amide bonds. The zero-order chi connectivity index (χ0) is 11.4. The molecule has 0 saturated carbocycles. The molecule has 0 aliphatic rings. The summed E-state index contributed by atoms with van der Waals surface area (Å²) in [6.07, 6.45) is 3.67. The molecule has 0 radical (unpaired) electrons. The average molecular weight is 222 g/mol. The van der Waals surface area contributed by atoms with E-state index < -0.39 is 0 Å². The molecule has 0 aromatic carbocycles. The van der Waals surface area contributed by atoms with E-state index >= 15 is 0 Å². The van der Waals surface area contributed by atoms with Gasteiger partial charge in [0.05, 0.1) is 4.88 Å². The summed E-state index contributed by atoms with van der Waals surface area (Å²) in [4.78, 5) is 14.5. The van der Waals surface area contributed by atoms with Gasteiger partial charge in [-0.15, -0.1) is 17.1 Å². The lowest BCUT2D eigenvalue weighted by molar-refractivity contribution is 0.100. The summed E-state index contributed by atoms with van der Waals surface area (Å²) in [5.41, 5.74) is 9.21. The van der Waals surface area contributed by atoms with Crippen molar-refractivity contribution in [1.29, 1.82) is 0 Å². The van der Waals surface area contributed by atoms with Crippen LogP contribution in [0.15, 0.2) is 18.0 Å². The van der Waals surface area contributed by atoms with E-state index in [1.165, 1.54) is 11.3 Å². The van der Waals surface area contributed by atoms with Crippen molar-refractivity contribution in [3.63, 3.8) is 0 Å². The van der Waals surface area contributed by atoms with Gasteiger partial charge in [0, 0.05) is 25.2 Å². The van der Waals surface area contributed by atoms with Gasteiger partial charge >= 0.3 is 0 Å². The molecular weight excluding hydrogens is 208 g/mol. The fourth-order valence-electron chi connectivity index (χ4n) is 1.04. The first kappa shape index (κ1) is 11.6. The number of hydrogen-bond acceptors (Lipinski definition) is 3. The quantitative estimate of drug-likeness (QED) is 0.793. The van der Waals surface area contributed by atoms with Crippen molar-refractivity contribution in [2.24, 2.45) is 5.73 Å². The first-order chi connectivity index (χ1) is 7.00. The maximum Gasteiger partial charge on any atom is 0.258 e. The van der Waals surface area contributed by atoms with Crippen LogP contribution in [0.1, 0.15) is 20.1 Å². The highest BCUT2D eigenvalue weighted by molar-refractivity contribution is 7.14. The predicted molar refractivity (Wildman–Crippen MR) is 63.8 cm³/mol. The lowest BCUT2D eigenvalue weighted by Gasteiger charge is -1.98. The second kappa shape index (κ2) is 4.82. The number of aryl methyl sites for hydroxylation is 1. The van der Waals surface area contributed by atoms with Crippen molar-refractivity contribution < 1.29 is 4.79 Å². The molecule has 0 saturated heterocycles. The summed E-state index contributed by atoms with van der Waals surface area (Å²) >= 11 is 1.41. The van der Waals surface area contributed by atoms with Gasteiger partial charge in [0.25, 0.3) is 5.91 Å². The SMILES string of the molecule is Cc1sc(C(N)=O)cc1C=C=CN(C)C. The van der Waals surface area contributed by atoms with Gasteiger partial charge in [-0.2, -0.15) is 0 Å². The maximum absolute atomic E-state index is 10.9. The third-order valence-corrected chi connectivity index (χ3v) is 2.85. The van der Waals surface area contributed by atoms with E-state index in [4.69, 9.17) is 5.73 Å². The second-order valence-corrected chi connectivity index (χ2v) is 4.65. The number of carbonyl (C=O) groups excluding carboxylic acids is 1. The van der Waals surface area contributed by atoms with Crippen molar-refractivity contribution >= 4 is 23.3 Å². The zero-order valence-corrected chi connectivity index (χ0v) is 9.89. The molecular formula is C11H14N2OS. The zero-order valence-electron chi connectivity index (χ0n) is 9.07. The molecule has 2 N–H and O–H groups in total. The third kappa shape index (κ3) is 3.27. The number of nitrogens with zero attached hydrogens (tertiary/aromatic N) is 1. The van der Waals surface area contributed by atoms with Gasteiger partial charge in [0.1, 0.15) is 0 Å². The van der Waals surface area contributed by atoms with E-state index in [1.807, 2.05) is 38.2 Å². The monoisotopic (exact) mass is 222 g/mol. The van der Waals surface area contributed by atoms with Crippen LogP contribution < -0.4 is 5.73 Å². The molecule has 3 nitrogen and oxygen atoms in total. The van der Waals surface area contributed by atoms with Gasteiger partial charge < -0.3 is 10.6 Å². The van der Waals surface area contributed by atoms with Crippen LogP contribution in [0, 0.1) is 6.92 Å². The van der Waals surface area contributed by atoms with Gasteiger partial charge in [-0.1, -0.05) is 0 Å². The molecule has 4 heteroatoms.